The standard InChI is InChI=1S/C23H31N3O3/c1-2-29-22(27)19-5-9-21(10-6-19)26-16-15-25(23(26)28)20-7-3-17(4-8-20)18-11-13-24-14-12-18/h3-4,7-8,15-16,18-19,21,24H,2,5-6,9-14H2,1H3/t19-,21-. The van der Waals surface area contributed by atoms with Gasteiger partial charge in [0, 0.05) is 18.4 Å². The Morgan fingerprint density at radius 1 is 1.03 bits per heavy atom. The van der Waals surface area contributed by atoms with Gasteiger partial charge in [-0.05, 0) is 82.2 Å². The summed E-state index contributed by atoms with van der Waals surface area (Å²) in [6.07, 6.45) is 9.33. The molecule has 1 aliphatic carbocycles. The summed E-state index contributed by atoms with van der Waals surface area (Å²) < 4.78 is 8.71. The minimum Gasteiger partial charge on any atom is -0.466 e. The molecule has 0 radical (unpaired) electrons. The molecule has 156 valence electrons. The number of aromatic nitrogens is 2. The van der Waals surface area contributed by atoms with Gasteiger partial charge < -0.3 is 10.1 Å². The first kappa shape index (κ1) is 20.0. The van der Waals surface area contributed by atoms with Crippen molar-refractivity contribution in [3.8, 4) is 5.69 Å². The Hall–Kier alpha value is -2.34. The molecule has 2 aromatic rings. The van der Waals surface area contributed by atoms with Crippen molar-refractivity contribution in [2.24, 2.45) is 5.92 Å². The number of piperidine rings is 1. The Morgan fingerprint density at radius 2 is 1.72 bits per heavy atom. The second kappa shape index (κ2) is 8.99. The first-order valence-corrected chi connectivity index (χ1v) is 10.9. The number of hydrogen-bond donors (Lipinski definition) is 1. The van der Waals surface area contributed by atoms with Crippen LogP contribution < -0.4 is 11.0 Å². The van der Waals surface area contributed by atoms with E-state index in [1.54, 1.807) is 4.57 Å². The first-order chi connectivity index (χ1) is 14.2. The molecule has 29 heavy (non-hydrogen) atoms. The summed E-state index contributed by atoms with van der Waals surface area (Å²) in [5.74, 6) is 0.498. The van der Waals surface area contributed by atoms with E-state index in [1.807, 2.05) is 23.9 Å². The zero-order valence-electron chi connectivity index (χ0n) is 17.2. The molecule has 1 aliphatic heterocycles. The van der Waals surface area contributed by atoms with Gasteiger partial charge in [0.25, 0.3) is 0 Å². The number of hydrogen-bond acceptors (Lipinski definition) is 4. The van der Waals surface area contributed by atoms with Gasteiger partial charge in [0.05, 0.1) is 18.2 Å². The molecule has 0 atom stereocenters. The van der Waals surface area contributed by atoms with Gasteiger partial charge in [0.1, 0.15) is 0 Å². The molecule has 6 heteroatoms. The van der Waals surface area contributed by atoms with Crippen LogP contribution in [0.3, 0.4) is 0 Å². The van der Waals surface area contributed by atoms with Crippen LogP contribution in [0.5, 0.6) is 0 Å². The third-order valence-electron chi connectivity index (χ3n) is 6.50. The fourth-order valence-electron chi connectivity index (χ4n) is 4.78. The minimum atomic E-state index is -0.0929. The van der Waals surface area contributed by atoms with Crippen LogP contribution in [0.1, 0.15) is 63.0 Å². The monoisotopic (exact) mass is 397 g/mol. The minimum absolute atomic E-state index is 0.000740. The van der Waals surface area contributed by atoms with Crippen LogP contribution in [-0.2, 0) is 9.53 Å². The molecule has 1 saturated heterocycles. The third kappa shape index (κ3) is 4.32. The molecule has 6 nitrogen and oxygen atoms in total. The molecular weight excluding hydrogens is 366 g/mol. The first-order valence-electron chi connectivity index (χ1n) is 10.9. The fraction of sp³-hybridized carbons (Fsp3) is 0.565. The summed E-state index contributed by atoms with van der Waals surface area (Å²) in [7, 11) is 0. The molecule has 1 N–H and O–H groups in total. The number of rotatable bonds is 5. The van der Waals surface area contributed by atoms with Gasteiger partial charge in [-0.25, -0.2) is 4.79 Å². The molecule has 2 heterocycles. The van der Waals surface area contributed by atoms with Gasteiger partial charge in [0.15, 0.2) is 0 Å². The maximum atomic E-state index is 13.0. The number of esters is 1. The average Bonchev–Trinajstić information content (AvgIpc) is 3.16. The van der Waals surface area contributed by atoms with Gasteiger partial charge in [-0.3, -0.25) is 13.9 Å². The van der Waals surface area contributed by atoms with Crippen LogP contribution >= 0.6 is 0 Å². The Kier molecular flexibility index (Phi) is 6.19. The number of carbonyl (C=O) groups excluding carboxylic acids is 1. The van der Waals surface area contributed by atoms with Crippen molar-refractivity contribution < 1.29 is 9.53 Å². The fourth-order valence-corrected chi connectivity index (χ4v) is 4.78. The maximum Gasteiger partial charge on any atom is 0.332 e. The number of carbonyl (C=O) groups is 1. The highest BCUT2D eigenvalue weighted by molar-refractivity contribution is 5.72. The van der Waals surface area contributed by atoms with E-state index in [4.69, 9.17) is 4.74 Å². The highest BCUT2D eigenvalue weighted by Crippen LogP contribution is 2.32. The quantitative estimate of drug-likeness (QED) is 0.786. The van der Waals surface area contributed by atoms with Crippen LogP contribution in [-0.4, -0.2) is 34.8 Å². The van der Waals surface area contributed by atoms with Gasteiger partial charge in [-0.15, -0.1) is 0 Å². The van der Waals surface area contributed by atoms with Crippen LogP contribution in [0, 0.1) is 5.92 Å². The van der Waals surface area contributed by atoms with Crippen LogP contribution in [0.25, 0.3) is 5.69 Å². The number of imidazole rings is 1. The smallest absolute Gasteiger partial charge is 0.332 e. The number of ether oxygens (including phenoxy) is 1. The van der Waals surface area contributed by atoms with Gasteiger partial charge >= 0.3 is 11.7 Å². The third-order valence-corrected chi connectivity index (χ3v) is 6.50. The molecule has 4 rings (SSSR count). The van der Waals surface area contributed by atoms with Crippen LogP contribution in [0.15, 0.2) is 41.5 Å². The molecular formula is C23H31N3O3. The number of nitrogens with zero attached hydrogens (tertiary/aromatic N) is 2. The summed E-state index contributed by atoms with van der Waals surface area (Å²) in [6, 6.07) is 8.60. The van der Waals surface area contributed by atoms with E-state index in [9.17, 15) is 9.59 Å². The Balaban J connectivity index is 1.44. The highest BCUT2D eigenvalue weighted by Gasteiger charge is 2.29. The zero-order valence-corrected chi connectivity index (χ0v) is 17.2. The van der Waals surface area contributed by atoms with Crippen molar-refractivity contribution in [2.75, 3.05) is 19.7 Å². The summed E-state index contributed by atoms with van der Waals surface area (Å²) in [4.78, 5) is 24.9. The van der Waals surface area contributed by atoms with E-state index in [-0.39, 0.29) is 23.6 Å². The predicted molar refractivity (Wildman–Crippen MR) is 113 cm³/mol. The second-order valence-electron chi connectivity index (χ2n) is 8.23. The van der Waals surface area contributed by atoms with E-state index in [0.29, 0.717) is 12.5 Å². The largest absolute Gasteiger partial charge is 0.466 e. The molecule has 0 amide bonds. The summed E-state index contributed by atoms with van der Waals surface area (Å²) in [6.45, 7) is 4.42. The van der Waals surface area contributed by atoms with Crippen molar-refractivity contribution >= 4 is 5.97 Å². The zero-order chi connectivity index (χ0) is 20.2. The van der Waals surface area contributed by atoms with Crippen LogP contribution in [0.4, 0.5) is 0 Å². The molecule has 1 aromatic heterocycles. The predicted octanol–water partition coefficient (Wildman–Crippen LogP) is 3.40. The molecule has 0 unspecified atom stereocenters. The van der Waals surface area contributed by atoms with Crippen molar-refractivity contribution in [1.82, 2.24) is 14.5 Å². The lowest BCUT2D eigenvalue weighted by Gasteiger charge is -2.27. The Morgan fingerprint density at radius 3 is 2.38 bits per heavy atom. The average molecular weight is 398 g/mol. The Bertz CT molecular complexity index is 870. The van der Waals surface area contributed by atoms with Crippen LogP contribution in [0.2, 0.25) is 0 Å². The molecule has 0 spiro atoms. The normalized spacial score (nSPS) is 23.1. The van der Waals surface area contributed by atoms with Gasteiger partial charge in [0.2, 0.25) is 0 Å². The number of nitrogens with one attached hydrogen (secondary N) is 1. The van der Waals surface area contributed by atoms with Crippen molar-refractivity contribution in [1.29, 1.82) is 0 Å². The summed E-state index contributed by atoms with van der Waals surface area (Å²) in [5.41, 5.74) is 2.27. The topological polar surface area (TPSA) is 65.3 Å². The van der Waals surface area contributed by atoms with E-state index in [1.165, 1.54) is 18.4 Å². The SMILES string of the molecule is CCOC(=O)[C@H]1CC[C@H](n2ccn(-c3ccc(C4CCNCC4)cc3)c2=O)CC1. The summed E-state index contributed by atoms with van der Waals surface area (Å²) in [5, 5.41) is 3.40. The molecule has 0 bridgehead atoms. The summed E-state index contributed by atoms with van der Waals surface area (Å²) >= 11 is 0. The van der Waals surface area contributed by atoms with Crippen molar-refractivity contribution in [3.05, 3.63) is 52.7 Å². The maximum absolute atomic E-state index is 13.0. The second-order valence-corrected chi connectivity index (χ2v) is 8.23. The molecule has 1 aromatic carbocycles. The van der Waals surface area contributed by atoms with E-state index in [0.717, 1.165) is 44.5 Å². The lowest BCUT2D eigenvalue weighted by Crippen LogP contribution is -2.31. The molecule has 2 fully saturated rings. The number of benzene rings is 1. The van der Waals surface area contributed by atoms with E-state index in [2.05, 4.69) is 29.6 Å². The van der Waals surface area contributed by atoms with Crippen molar-refractivity contribution in [3.63, 3.8) is 0 Å². The lowest BCUT2D eigenvalue weighted by molar-refractivity contribution is -0.149. The van der Waals surface area contributed by atoms with E-state index >= 15 is 0 Å². The molecule has 1 saturated carbocycles. The van der Waals surface area contributed by atoms with Crippen molar-refractivity contribution in [2.45, 2.75) is 57.4 Å². The molecule has 2 aliphatic rings. The van der Waals surface area contributed by atoms with E-state index < -0.39 is 0 Å². The highest BCUT2D eigenvalue weighted by atomic mass is 16.5. The lowest BCUT2D eigenvalue weighted by atomic mass is 9.86. The van der Waals surface area contributed by atoms with Gasteiger partial charge in [-0.2, -0.15) is 0 Å². The van der Waals surface area contributed by atoms with Gasteiger partial charge in [-0.1, -0.05) is 12.1 Å². The Labute approximate surface area is 171 Å².